The molecule has 1 amide bonds. The molecule has 3 aromatic carbocycles. The molecule has 1 unspecified atom stereocenters. The lowest BCUT2D eigenvalue weighted by Crippen LogP contribution is -2.39. The maximum Gasteiger partial charge on any atom is 0.242 e. The van der Waals surface area contributed by atoms with E-state index in [-0.39, 0.29) is 17.9 Å². The summed E-state index contributed by atoms with van der Waals surface area (Å²) >= 11 is 0. The first kappa shape index (κ1) is 18.7. The van der Waals surface area contributed by atoms with E-state index in [4.69, 9.17) is 0 Å². The van der Waals surface area contributed by atoms with Gasteiger partial charge in [0.2, 0.25) is 5.91 Å². The lowest BCUT2D eigenvalue weighted by molar-refractivity contribution is -0.121. The fourth-order valence-electron chi connectivity index (χ4n) is 3.33. The normalized spacial score (nSPS) is 11.8. The standard InChI is InChI=1S/C24H26N2O/c1-18-13-15-21(16-14-18)26-23(24(27)25-2)17-22(19-9-5-3-6-10-19)20-11-7-4-8-12-20/h3-16,22-23,26H,17H2,1-2H3,(H,25,27). The van der Waals surface area contributed by atoms with Gasteiger partial charge >= 0.3 is 0 Å². The van der Waals surface area contributed by atoms with Crippen LogP contribution in [0, 0.1) is 6.92 Å². The topological polar surface area (TPSA) is 41.1 Å². The van der Waals surface area contributed by atoms with Gasteiger partial charge in [0.05, 0.1) is 0 Å². The van der Waals surface area contributed by atoms with Crippen LogP contribution in [0.25, 0.3) is 0 Å². The van der Waals surface area contributed by atoms with Gasteiger partial charge in [-0.1, -0.05) is 78.4 Å². The van der Waals surface area contributed by atoms with Crippen LogP contribution < -0.4 is 10.6 Å². The zero-order chi connectivity index (χ0) is 19.1. The van der Waals surface area contributed by atoms with Crippen molar-refractivity contribution in [2.24, 2.45) is 0 Å². The van der Waals surface area contributed by atoms with Gasteiger partial charge in [0.25, 0.3) is 0 Å². The third-order valence-corrected chi connectivity index (χ3v) is 4.83. The molecule has 0 aromatic heterocycles. The highest BCUT2D eigenvalue weighted by Gasteiger charge is 2.24. The van der Waals surface area contributed by atoms with E-state index >= 15 is 0 Å². The van der Waals surface area contributed by atoms with Crippen molar-refractivity contribution in [1.82, 2.24) is 5.32 Å². The Morgan fingerprint density at radius 2 is 1.33 bits per heavy atom. The molecule has 0 aliphatic carbocycles. The number of amides is 1. The summed E-state index contributed by atoms with van der Waals surface area (Å²) in [6.45, 7) is 2.06. The van der Waals surface area contributed by atoms with Crippen LogP contribution >= 0.6 is 0 Å². The van der Waals surface area contributed by atoms with Crippen LogP contribution in [0.15, 0.2) is 84.9 Å². The van der Waals surface area contributed by atoms with Gasteiger partial charge in [-0.05, 0) is 36.6 Å². The third-order valence-electron chi connectivity index (χ3n) is 4.83. The van der Waals surface area contributed by atoms with Gasteiger partial charge in [0.1, 0.15) is 6.04 Å². The predicted molar refractivity (Wildman–Crippen MR) is 112 cm³/mol. The van der Waals surface area contributed by atoms with Crippen molar-refractivity contribution in [3.05, 3.63) is 102 Å². The SMILES string of the molecule is CNC(=O)C(CC(c1ccccc1)c1ccccc1)Nc1ccc(C)cc1. The van der Waals surface area contributed by atoms with E-state index in [2.05, 4.69) is 54.0 Å². The fraction of sp³-hybridized carbons (Fsp3) is 0.208. The number of anilines is 1. The summed E-state index contributed by atoms with van der Waals surface area (Å²) in [4.78, 5) is 12.6. The highest BCUT2D eigenvalue weighted by Crippen LogP contribution is 2.30. The van der Waals surface area contributed by atoms with Crippen molar-refractivity contribution in [3.63, 3.8) is 0 Å². The zero-order valence-electron chi connectivity index (χ0n) is 15.9. The highest BCUT2D eigenvalue weighted by molar-refractivity contribution is 5.84. The molecule has 3 aromatic rings. The summed E-state index contributed by atoms with van der Waals surface area (Å²) < 4.78 is 0. The average molecular weight is 358 g/mol. The monoisotopic (exact) mass is 358 g/mol. The number of rotatable bonds is 7. The molecule has 2 N–H and O–H groups in total. The Bertz CT molecular complexity index is 805. The lowest BCUT2D eigenvalue weighted by Gasteiger charge is -2.25. The second-order valence-corrected chi connectivity index (χ2v) is 6.79. The van der Waals surface area contributed by atoms with Crippen LogP contribution in [-0.4, -0.2) is 19.0 Å². The zero-order valence-corrected chi connectivity index (χ0v) is 15.9. The largest absolute Gasteiger partial charge is 0.374 e. The number of benzene rings is 3. The Morgan fingerprint density at radius 1 is 0.815 bits per heavy atom. The number of hydrogen-bond acceptors (Lipinski definition) is 2. The molecule has 27 heavy (non-hydrogen) atoms. The Kier molecular flexibility index (Phi) is 6.26. The predicted octanol–water partition coefficient (Wildman–Crippen LogP) is 4.74. The maximum absolute atomic E-state index is 12.6. The molecule has 0 aliphatic rings. The molecule has 0 bridgehead atoms. The molecule has 3 nitrogen and oxygen atoms in total. The van der Waals surface area contributed by atoms with Gasteiger partial charge in [-0.2, -0.15) is 0 Å². The first-order valence-electron chi connectivity index (χ1n) is 9.32. The molecule has 0 heterocycles. The van der Waals surface area contributed by atoms with Crippen LogP contribution in [0.3, 0.4) is 0 Å². The minimum Gasteiger partial charge on any atom is -0.374 e. The van der Waals surface area contributed by atoms with Crippen molar-refractivity contribution in [3.8, 4) is 0 Å². The molecule has 1 atom stereocenters. The van der Waals surface area contributed by atoms with Crippen molar-refractivity contribution in [1.29, 1.82) is 0 Å². The van der Waals surface area contributed by atoms with Crippen LogP contribution in [0.2, 0.25) is 0 Å². The second kappa shape index (κ2) is 9.04. The molecule has 138 valence electrons. The molecular weight excluding hydrogens is 332 g/mol. The van der Waals surface area contributed by atoms with E-state index in [0.29, 0.717) is 6.42 Å². The van der Waals surface area contributed by atoms with E-state index in [1.807, 2.05) is 48.5 Å². The van der Waals surface area contributed by atoms with Crippen molar-refractivity contribution in [2.75, 3.05) is 12.4 Å². The molecule has 0 spiro atoms. The number of likely N-dealkylation sites (N-methyl/N-ethyl adjacent to an activating group) is 1. The van der Waals surface area contributed by atoms with Gasteiger partial charge in [0.15, 0.2) is 0 Å². The van der Waals surface area contributed by atoms with Gasteiger partial charge in [-0.25, -0.2) is 0 Å². The first-order valence-corrected chi connectivity index (χ1v) is 9.32. The van der Waals surface area contributed by atoms with Gasteiger partial charge in [0, 0.05) is 18.7 Å². The Balaban J connectivity index is 1.90. The summed E-state index contributed by atoms with van der Waals surface area (Å²) in [6.07, 6.45) is 0.668. The number of aryl methyl sites for hydroxylation is 1. The second-order valence-electron chi connectivity index (χ2n) is 6.79. The smallest absolute Gasteiger partial charge is 0.242 e. The van der Waals surface area contributed by atoms with E-state index in [9.17, 15) is 4.79 Å². The molecule has 0 radical (unpaired) electrons. The van der Waals surface area contributed by atoms with Crippen LogP contribution in [0.5, 0.6) is 0 Å². The van der Waals surface area contributed by atoms with E-state index in [0.717, 1.165) is 5.69 Å². The van der Waals surface area contributed by atoms with E-state index < -0.39 is 0 Å². The summed E-state index contributed by atoms with van der Waals surface area (Å²) in [5.74, 6) is 0.125. The third kappa shape index (κ3) is 4.98. The van der Waals surface area contributed by atoms with E-state index in [1.165, 1.54) is 16.7 Å². The Morgan fingerprint density at radius 3 is 1.81 bits per heavy atom. The van der Waals surface area contributed by atoms with Gasteiger partial charge in [-0.15, -0.1) is 0 Å². The molecule has 0 saturated carbocycles. The van der Waals surface area contributed by atoms with Crippen LogP contribution in [0.1, 0.15) is 29.0 Å². The summed E-state index contributed by atoms with van der Waals surface area (Å²) in [5, 5.41) is 6.22. The molecule has 0 fully saturated rings. The van der Waals surface area contributed by atoms with Gasteiger partial charge < -0.3 is 10.6 Å². The quantitative estimate of drug-likeness (QED) is 0.640. The maximum atomic E-state index is 12.6. The lowest BCUT2D eigenvalue weighted by atomic mass is 9.85. The van der Waals surface area contributed by atoms with Gasteiger partial charge in [-0.3, -0.25) is 4.79 Å². The molecule has 3 rings (SSSR count). The van der Waals surface area contributed by atoms with Crippen molar-refractivity contribution in [2.45, 2.75) is 25.3 Å². The summed E-state index contributed by atoms with van der Waals surface area (Å²) in [5.41, 5.74) is 4.57. The summed E-state index contributed by atoms with van der Waals surface area (Å²) in [6, 6.07) is 28.6. The average Bonchev–Trinajstić information content (AvgIpc) is 2.73. The molecule has 3 heteroatoms. The van der Waals surface area contributed by atoms with Crippen molar-refractivity contribution >= 4 is 11.6 Å². The highest BCUT2D eigenvalue weighted by atomic mass is 16.2. The number of carbonyl (C=O) groups is 1. The number of nitrogens with one attached hydrogen (secondary N) is 2. The Labute approximate surface area is 161 Å². The Hall–Kier alpha value is -3.07. The number of hydrogen-bond donors (Lipinski definition) is 2. The van der Waals surface area contributed by atoms with Crippen molar-refractivity contribution < 1.29 is 4.79 Å². The fourth-order valence-corrected chi connectivity index (χ4v) is 3.33. The first-order chi connectivity index (χ1) is 13.2. The van der Waals surface area contributed by atoms with Crippen LogP contribution in [0.4, 0.5) is 5.69 Å². The molecule has 0 saturated heterocycles. The number of carbonyl (C=O) groups excluding carboxylic acids is 1. The molecular formula is C24H26N2O. The summed E-state index contributed by atoms with van der Waals surface area (Å²) in [7, 11) is 1.69. The molecule has 0 aliphatic heterocycles. The minimum absolute atomic E-state index is 0.00700. The minimum atomic E-state index is -0.330. The van der Waals surface area contributed by atoms with E-state index in [1.54, 1.807) is 7.05 Å². The van der Waals surface area contributed by atoms with Crippen LogP contribution in [-0.2, 0) is 4.79 Å².